The van der Waals surface area contributed by atoms with E-state index < -0.39 is 5.85 Å². The van der Waals surface area contributed by atoms with Gasteiger partial charge in [0.25, 0.3) is 5.85 Å². The van der Waals surface area contributed by atoms with E-state index in [9.17, 15) is 0 Å². The zero-order chi connectivity index (χ0) is 53.3. The molecule has 0 saturated heterocycles. The number of nitrogens with zero attached hydrogens (tertiary/aromatic N) is 8. The molecule has 13 rings (SSSR count). The molecule has 0 spiro atoms. The third kappa shape index (κ3) is 8.98. The van der Waals surface area contributed by atoms with Crippen LogP contribution in [0.2, 0.25) is 0 Å². The first-order valence-corrected chi connectivity index (χ1v) is 27.7. The predicted octanol–water partition coefficient (Wildman–Crippen LogP) is 13.5. The third-order valence-corrected chi connectivity index (χ3v) is 14.5. The SMILES string of the molecule is CCCCOc1c2c(c(OCCCC)c3ccccc13)C1(OCCCC)N=C3N=C(N=C4N=C(c5cc6ccccc6cc54)N(OCCCC)C4=NC(=NC2=N1)c1[c-]c2ccccc2[c-]c14)c1cc2ccccc2cc13.[O]=[V+2]. The molecule has 5 aliphatic heterocycles. The fourth-order valence-electron chi connectivity index (χ4n) is 10.6. The Morgan fingerprint density at radius 1 is 0.474 bits per heavy atom. The summed E-state index contributed by atoms with van der Waals surface area (Å²) in [5.74, 6) is 2.45. The van der Waals surface area contributed by atoms with Crippen molar-refractivity contribution in [1.29, 1.82) is 0 Å². The molecule has 78 heavy (non-hydrogen) atoms. The van der Waals surface area contributed by atoms with Crippen molar-refractivity contribution >= 4 is 83.9 Å². The molecule has 0 saturated carbocycles. The van der Waals surface area contributed by atoms with E-state index in [0.717, 1.165) is 134 Å². The maximum absolute atomic E-state index is 8.19. The van der Waals surface area contributed by atoms with E-state index in [1.54, 1.807) is 5.06 Å². The van der Waals surface area contributed by atoms with Gasteiger partial charge in [-0.15, -0.1) is 23.3 Å². The number of hydrogen-bond acceptors (Lipinski definition) is 13. The van der Waals surface area contributed by atoms with Crippen LogP contribution in [0.4, 0.5) is 0 Å². The second-order valence-corrected chi connectivity index (χ2v) is 19.7. The molecule has 0 aliphatic carbocycles. The average Bonchev–Trinajstić information content (AvgIpc) is 4.30. The van der Waals surface area contributed by atoms with Crippen LogP contribution in [-0.2, 0) is 36.5 Å². The van der Waals surface area contributed by atoms with Crippen LogP contribution in [0, 0.1) is 12.1 Å². The number of ether oxygens (including phenoxy) is 3. The average molecular weight is 1070 g/mol. The molecule has 0 amide bonds. The molecular weight excluding hydrogens is 1010 g/mol. The fourth-order valence-corrected chi connectivity index (χ4v) is 10.6. The Morgan fingerprint density at radius 3 is 1.58 bits per heavy atom. The summed E-state index contributed by atoms with van der Waals surface area (Å²) in [6, 6.07) is 49.0. The van der Waals surface area contributed by atoms with Crippen molar-refractivity contribution < 1.29 is 40.1 Å². The second kappa shape index (κ2) is 21.9. The molecular formula is C64H56N8O5V. The first kappa shape index (κ1) is 51.0. The molecule has 8 aromatic rings. The van der Waals surface area contributed by atoms with Gasteiger partial charge in [-0.1, -0.05) is 126 Å². The van der Waals surface area contributed by atoms with Gasteiger partial charge in [0.05, 0.1) is 49.2 Å². The molecule has 1 unspecified atom stereocenters. The van der Waals surface area contributed by atoms with Crippen LogP contribution in [0.3, 0.4) is 0 Å². The summed E-state index contributed by atoms with van der Waals surface area (Å²) in [5, 5.41) is 9.37. The molecule has 5 heterocycles. The van der Waals surface area contributed by atoms with Crippen molar-refractivity contribution in [3.05, 3.63) is 178 Å². The molecule has 14 heteroatoms. The van der Waals surface area contributed by atoms with Crippen LogP contribution in [-0.4, -0.2) is 72.3 Å². The summed E-state index contributed by atoms with van der Waals surface area (Å²) in [4.78, 5) is 45.8. The van der Waals surface area contributed by atoms with Crippen LogP contribution in [0.1, 0.15) is 124 Å². The molecule has 8 bridgehead atoms. The molecule has 0 fully saturated rings. The van der Waals surface area contributed by atoms with Crippen LogP contribution < -0.4 is 9.47 Å². The fraction of sp³-hybridized carbons (Fsp3) is 0.266. The van der Waals surface area contributed by atoms with Gasteiger partial charge in [-0.2, -0.15) is 35.0 Å². The Morgan fingerprint density at radius 2 is 0.936 bits per heavy atom. The van der Waals surface area contributed by atoms with Crippen LogP contribution in [0.15, 0.2) is 156 Å². The molecule has 0 N–H and O–H groups in total. The minimum absolute atomic E-state index is 0.322. The molecule has 8 aromatic carbocycles. The zero-order valence-corrected chi connectivity index (χ0v) is 45.5. The van der Waals surface area contributed by atoms with Crippen molar-refractivity contribution in [2.75, 3.05) is 26.4 Å². The first-order valence-electron chi connectivity index (χ1n) is 27.2. The second-order valence-electron chi connectivity index (χ2n) is 19.7. The van der Waals surface area contributed by atoms with Gasteiger partial charge in [0, 0.05) is 33.0 Å². The van der Waals surface area contributed by atoms with E-state index in [1.165, 1.54) is 0 Å². The zero-order valence-electron chi connectivity index (χ0n) is 44.1. The van der Waals surface area contributed by atoms with Gasteiger partial charge in [0.15, 0.2) is 29.2 Å². The van der Waals surface area contributed by atoms with E-state index in [0.29, 0.717) is 101 Å². The number of aliphatic imine (C=N–C) groups is 7. The van der Waals surface area contributed by atoms with Crippen molar-refractivity contribution in [2.45, 2.75) is 84.9 Å². The summed E-state index contributed by atoms with van der Waals surface area (Å²) in [7, 11) is 0. The summed E-state index contributed by atoms with van der Waals surface area (Å²) in [6.45, 7) is 10.2. The monoisotopic (exact) mass is 1070 g/mol. The Balaban J connectivity index is 0.00000301. The number of fused-ring (bicyclic) bond motifs is 20. The number of benzene rings is 8. The summed E-state index contributed by atoms with van der Waals surface area (Å²) < 4.78 is 29.6. The number of amidine groups is 7. The Kier molecular flexibility index (Phi) is 14.3. The van der Waals surface area contributed by atoms with E-state index in [2.05, 4.69) is 107 Å². The molecule has 387 valence electrons. The van der Waals surface area contributed by atoms with E-state index in [1.807, 2.05) is 54.6 Å². The van der Waals surface area contributed by atoms with Gasteiger partial charge in [0.1, 0.15) is 11.5 Å². The molecule has 5 aliphatic rings. The third-order valence-electron chi connectivity index (χ3n) is 14.5. The number of hydrogen-bond donors (Lipinski definition) is 0. The number of unbranched alkanes of at least 4 members (excludes halogenated alkanes) is 4. The van der Waals surface area contributed by atoms with Gasteiger partial charge in [-0.05, 0) is 71.5 Å². The minimum atomic E-state index is -1.77. The van der Waals surface area contributed by atoms with E-state index in [4.69, 9.17) is 57.7 Å². The van der Waals surface area contributed by atoms with Crippen molar-refractivity contribution in [2.24, 2.45) is 34.9 Å². The topological polar surface area (TPSA) is 144 Å². The van der Waals surface area contributed by atoms with Crippen molar-refractivity contribution in [3.8, 4) is 11.5 Å². The normalized spacial score (nSPS) is 16.6. The van der Waals surface area contributed by atoms with Crippen LogP contribution >= 0.6 is 0 Å². The van der Waals surface area contributed by atoms with Gasteiger partial charge in [-0.3, -0.25) is 9.83 Å². The van der Waals surface area contributed by atoms with Crippen molar-refractivity contribution in [3.63, 3.8) is 0 Å². The van der Waals surface area contributed by atoms with Crippen LogP contribution in [0.25, 0.3) is 43.1 Å². The van der Waals surface area contributed by atoms with Gasteiger partial charge >= 0.3 is 21.0 Å². The molecule has 0 radical (unpaired) electrons. The molecule has 13 nitrogen and oxygen atoms in total. The predicted molar refractivity (Wildman–Crippen MR) is 306 cm³/mol. The van der Waals surface area contributed by atoms with Gasteiger partial charge in [0.2, 0.25) is 0 Å². The van der Waals surface area contributed by atoms with Gasteiger partial charge in [-0.25, -0.2) is 30.0 Å². The van der Waals surface area contributed by atoms with E-state index in [-0.39, 0.29) is 0 Å². The number of hydroxylamine groups is 2. The Bertz CT molecular complexity index is 3950. The van der Waals surface area contributed by atoms with Crippen molar-refractivity contribution in [1.82, 2.24) is 5.06 Å². The van der Waals surface area contributed by atoms with Crippen LogP contribution in [0.5, 0.6) is 11.5 Å². The summed E-state index contributed by atoms with van der Waals surface area (Å²) >= 11 is 1.06. The first-order chi connectivity index (χ1) is 38.5. The molecule has 0 aromatic heterocycles. The Hall–Kier alpha value is -7.81. The Labute approximate surface area is 462 Å². The van der Waals surface area contributed by atoms with Gasteiger partial charge < -0.3 is 19.2 Å². The summed E-state index contributed by atoms with van der Waals surface area (Å²) in [5.41, 5.74) is 5.76. The van der Waals surface area contributed by atoms with E-state index >= 15 is 0 Å². The standard InChI is InChI=1S/C64H56N8O4.O.V/c1-5-9-29-73-55-45-27-19-20-28-46(45)56(74-30-10-6-2)54-53(55)61-67-59-50-36-42-24-16-18-26-44(42)38-52(50)63(69-59)72(76-32-12-8-4)62-51-37-43-25-17-15-23-41(43)35-49(51)58(68-62)65-57-47-33-39-21-13-14-22-40(39)34-48(47)60(66-57)70-64(54,71-61)75-31-11-7-3;;/h13-28,33-35,37H,5-12,29-32H2,1-4H3;;/q-2;;+2. The number of rotatable bonds is 16. The maximum atomic E-state index is 8.19. The quantitative estimate of drug-likeness (QED) is 0.0696. The summed E-state index contributed by atoms with van der Waals surface area (Å²) in [6.07, 6.45) is 6.86. The molecule has 1 atom stereocenters.